The van der Waals surface area contributed by atoms with Gasteiger partial charge in [0.2, 0.25) is 0 Å². The zero-order valence-electron chi connectivity index (χ0n) is 12.2. The average molecular weight is 349 g/mol. The third-order valence-electron chi connectivity index (χ3n) is 4.43. The van der Waals surface area contributed by atoms with Gasteiger partial charge < -0.3 is 0 Å². The molecule has 0 radical (unpaired) electrons. The molecule has 0 N–H and O–H groups in total. The number of hydrogen-bond acceptors (Lipinski definition) is 1. The molecule has 1 aromatic heterocycles. The van der Waals surface area contributed by atoms with Crippen LogP contribution in [0.15, 0.2) is 30.3 Å². The molecule has 0 saturated carbocycles. The first kappa shape index (κ1) is 14.3. The summed E-state index contributed by atoms with van der Waals surface area (Å²) in [7, 11) is 0. The first-order valence-corrected chi connectivity index (χ1v) is 9.27. The summed E-state index contributed by atoms with van der Waals surface area (Å²) in [6.45, 7) is 4.55. The van der Waals surface area contributed by atoms with E-state index in [9.17, 15) is 0 Å². The Balaban J connectivity index is 1.81. The Kier molecular flexibility index (Phi) is 4.32. The molecular weight excluding hydrogens is 328 g/mol. The van der Waals surface area contributed by atoms with Gasteiger partial charge in [-0.25, -0.2) is 0 Å². The number of benzene rings is 1. The van der Waals surface area contributed by atoms with Gasteiger partial charge in [0.1, 0.15) is 0 Å². The minimum atomic E-state index is 0.351. The third-order valence-corrected chi connectivity index (χ3v) is 7.05. The fraction of sp³-hybridized carbons (Fsp3) is 0.444. The van der Waals surface area contributed by atoms with Gasteiger partial charge in [-0.15, -0.1) is 11.3 Å². The minimum Gasteiger partial charge on any atom is -0.144 e. The van der Waals surface area contributed by atoms with E-state index in [-0.39, 0.29) is 0 Å². The van der Waals surface area contributed by atoms with Gasteiger partial charge in [0.05, 0.1) is 4.83 Å². The lowest BCUT2D eigenvalue weighted by molar-refractivity contribution is 0.733. The van der Waals surface area contributed by atoms with Crippen molar-refractivity contribution in [3.63, 3.8) is 0 Å². The third kappa shape index (κ3) is 2.73. The van der Waals surface area contributed by atoms with Crippen LogP contribution in [0.2, 0.25) is 0 Å². The van der Waals surface area contributed by atoms with Crippen molar-refractivity contribution in [1.29, 1.82) is 0 Å². The maximum atomic E-state index is 3.88. The monoisotopic (exact) mass is 348 g/mol. The predicted molar refractivity (Wildman–Crippen MR) is 92.3 cm³/mol. The summed E-state index contributed by atoms with van der Waals surface area (Å²) in [5, 5.41) is 0. The van der Waals surface area contributed by atoms with Crippen molar-refractivity contribution in [2.75, 3.05) is 0 Å². The van der Waals surface area contributed by atoms with Crippen molar-refractivity contribution in [3.05, 3.63) is 56.8 Å². The molecule has 106 valence electrons. The number of halogens is 1. The van der Waals surface area contributed by atoms with Crippen LogP contribution in [0.1, 0.15) is 63.9 Å². The molecule has 20 heavy (non-hydrogen) atoms. The van der Waals surface area contributed by atoms with Crippen molar-refractivity contribution >= 4 is 27.3 Å². The van der Waals surface area contributed by atoms with Crippen molar-refractivity contribution in [3.8, 4) is 0 Å². The van der Waals surface area contributed by atoms with Crippen LogP contribution in [0, 0.1) is 0 Å². The van der Waals surface area contributed by atoms with Crippen molar-refractivity contribution in [1.82, 2.24) is 0 Å². The van der Waals surface area contributed by atoms with Crippen molar-refractivity contribution in [2.24, 2.45) is 0 Å². The van der Waals surface area contributed by atoms with E-state index < -0.39 is 0 Å². The van der Waals surface area contributed by atoms with Crippen molar-refractivity contribution in [2.45, 2.75) is 50.3 Å². The standard InChI is InChI=1S/C18H21BrS/c1-3-12(2)13-7-9-14(10-8-13)18(19)17-11-15-5-4-6-16(15)20-17/h7-12,18H,3-6H2,1-2H3. The Labute approximate surface area is 134 Å². The molecule has 0 aliphatic heterocycles. The zero-order valence-corrected chi connectivity index (χ0v) is 14.6. The van der Waals surface area contributed by atoms with Crippen LogP contribution in [0.4, 0.5) is 0 Å². The summed E-state index contributed by atoms with van der Waals surface area (Å²) >= 11 is 5.88. The molecular formula is C18H21BrS. The van der Waals surface area contributed by atoms with Crippen molar-refractivity contribution < 1.29 is 0 Å². The molecule has 2 heteroatoms. The Morgan fingerprint density at radius 3 is 2.50 bits per heavy atom. The number of hydrogen-bond donors (Lipinski definition) is 0. The average Bonchev–Trinajstić information content (AvgIpc) is 3.07. The van der Waals surface area contributed by atoms with E-state index >= 15 is 0 Å². The fourth-order valence-electron chi connectivity index (χ4n) is 2.87. The van der Waals surface area contributed by atoms with Gasteiger partial charge in [-0.2, -0.15) is 0 Å². The Bertz CT molecular complexity index is 560. The van der Waals surface area contributed by atoms with Gasteiger partial charge >= 0.3 is 0 Å². The second kappa shape index (κ2) is 6.03. The van der Waals surface area contributed by atoms with Gasteiger partial charge in [-0.05, 0) is 54.4 Å². The maximum absolute atomic E-state index is 3.88. The molecule has 2 atom stereocenters. The van der Waals surface area contributed by atoms with Gasteiger partial charge in [0.25, 0.3) is 0 Å². The topological polar surface area (TPSA) is 0 Å². The normalized spacial score (nSPS) is 16.9. The summed E-state index contributed by atoms with van der Waals surface area (Å²) < 4.78 is 0. The van der Waals surface area contributed by atoms with Crippen LogP contribution >= 0.6 is 27.3 Å². The Hall–Kier alpha value is -0.600. The quantitative estimate of drug-likeness (QED) is 0.574. The zero-order chi connectivity index (χ0) is 14.1. The van der Waals surface area contributed by atoms with E-state index in [1.807, 2.05) is 11.3 Å². The number of thiophene rings is 1. The Morgan fingerprint density at radius 2 is 1.85 bits per heavy atom. The highest BCUT2D eigenvalue weighted by atomic mass is 79.9. The number of aryl methyl sites for hydroxylation is 2. The second-order valence-corrected chi connectivity index (χ2v) is 7.87. The highest BCUT2D eigenvalue weighted by Crippen LogP contribution is 2.40. The maximum Gasteiger partial charge on any atom is 0.0738 e. The summed E-state index contributed by atoms with van der Waals surface area (Å²) in [5.41, 5.74) is 4.41. The largest absolute Gasteiger partial charge is 0.144 e. The molecule has 0 amide bonds. The predicted octanol–water partition coefficient (Wildman–Crippen LogP) is 6.23. The lowest BCUT2D eigenvalue weighted by Crippen LogP contribution is -1.94. The first-order chi connectivity index (χ1) is 9.69. The highest BCUT2D eigenvalue weighted by molar-refractivity contribution is 9.09. The minimum absolute atomic E-state index is 0.351. The Morgan fingerprint density at radius 1 is 1.15 bits per heavy atom. The molecule has 0 spiro atoms. The number of rotatable bonds is 4. The molecule has 1 aliphatic rings. The molecule has 1 aliphatic carbocycles. The van der Waals surface area contributed by atoms with Crippen LogP contribution in [0.5, 0.6) is 0 Å². The van der Waals surface area contributed by atoms with Crippen LogP contribution in [-0.2, 0) is 12.8 Å². The lowest BCUT2D eigenvalue weighted by Gasteiger charge is -2.12. The fourth-order valence-corrected chi connectivity index (χ4v) is 4.85. The molecule has 0 fully saturated rings. The molecule has 1 aromatic carbocycles. The van der Waals surface area contributed by atoms with Crippen LogP contribution in [-0.4, -0.2) is 0 Å². The molecule has 3 rings (SSSR count). The van der Waals surface area contributed by atoms with E-state index in [0.29, 0.717) is 10.7 Å². The van der Waals surface area contributed by atoms with E-state index in [1.54, 1.807) is 10.4 Å². The molecule has 1 heterocycles. The molecule has 0 saturated heterocycles. The number of fused-ring (bicyclic) bond motifs is 1. The first-order valence-electron chi connectivity index (χ1n) is 7.54. The molecule has 0 nitrogen and oxygen atoms in total. The molecule has 2 unspecified atom stereocenters. The van der Waals surface area contributed by atoms with Gasteiger partial charge in [-0.3, -0.25) is 0 Å². The summed E-state index contributed by atoms with van der Waals surface area (Å²) in [6.07, 6.45) is 5.11. The summed E-state index contributed by atoms with van der Waals surface area (Å²) in [5.74, 6) is 0.656. The highest BCUT2D eigenvalue weighted by Gasteiger charge is 2.19. The van der Waals surface area contributed by atoms with Gasteiger partial charge in [0, 0.05) is 9.75 Å². The molecule has 2 aromatic rings. The van der Waals surface area contributed by atoms with Crippen LogP contribution in [0.25, 0.3) is 0 Å². The van der Waals surface area contributed by atoms with E-state index in [1.165, 1.54) is 41.7 Å². The van der Waals surface area contributed by atoms with Crippen LogP contribution < -0.4 is 0 Å². The number of alkyl halides is 1. The van der Waals surface area contributed by atoms with Crippen LogP contribution in [0.3, 0.4) is 0 Å². The van der Waals surface area contributed by atoms with E-state index in [4.69, 9.17) is 0 Å². The van der Waals surface area contributed by atoms with Gasteiger partial charge in [0.15, 0.2) is 0 Å². The second-order valence-electron chi connectivity index (χ2n) is 5.79. The van der Waals surface area contributed by atoms with E-state index in [0.717, 1.165) is 0 Å². The summed E-state index contributed by atoms with van der Waals surface area (Å²) in [6, 6.07) is 11.6. The van der Waals surface area contributed by atoms with E-state index in [2.05, 4.69) is 60.1 Å². The SMILES string of the molecule is CCC(C)c1ccc(C(Br)c2cc3c(s2)CCC3)cc1. The smallest absolute Gasteiger partial charge is 0.0738 e. The lowest BCUT2D eigenvalue weighted by atomic mass is 9.97. The molecule has 0 bridgehead atoms. The van der Waals surface area contributed by atoms with Gasteiger partial charge in [-0.1, -0.05) is 54.0 Å². The summed E-state index contributed by atoms with van der Waals surface area (Å²) in [4.78, 5) is 3.43.